The molecule has 2 saturated carbocycles. The van der Waals surface area contributed by atoms with E-state index in [1.807, 2.05) is 50.2 Å². The molecule has 0 unspecified atom stereocenters. The average Bonchev–Trinajstić information content (AvgIpc) is 3.51. The highest BCUT2D eigenvalue weighted by Crippen LogP contribution is 2.54. The fraction of sp³-hybridized carbons (Fsp3) is 0.382. The first kappa shape index (κ1) is 59.5. The summed E-state index contributed by atoms with van der Waals surface area (Å²) in [7, 11) is 0. The molecule has 430 valence electrons. The number of hydrogen-bond acceptors (Lipinski definition) is 12. The van der Waals surface area contributed by atoms with Crippen molar-refractivity contribution in [2.45, 2.75) is 128 Å². The summed E-state index contributed by atoms with van der Waals surface area (Å²) in [5.41, 5.74) is 5.51. The number of rotatable bonds is 26. The number of carbonyl (C=O) groups excluding carboxylic acids is 4. The maximum Gasteiger partial charge on any atom is 0.330 e. The van der Waals surface area contributed by atoms with Gasteiger partial charge < -0.3 is 28.4 Å². The molecule has 2 aliphatic carbocycles. The summed E-state index contributed by atoms with van der Waals surface area (Å²) >= 11 is 2.84. The Morgan fingerprint density at radius 3 is 1.21 bits per heavy atom. The molecule has 2 fully saturated rings. The van der Waals surface area contributed by atoms with Gasteiger partial charge in [0.25, 0.3) is 0 Å². The van der Waals surface area contributed by atoms with E-state index in [1.165, 1.54) is 70.2 Å². The van der Waals surface area contributed by atoms with Crippen LogP contribution in [-0.4, -0.2) is 50.3 Å². The maximum absolute atomic E-state index is 14.6. The molecular formula is C68H72F2O10S2. The Bertz CT molecular complexity index is 3090. The van der Waals surface area contributed by atoms with Gasteiger partial charge in [-0.3, -0.25) is 9.59 Å². The molecule has 7 aromatic rings. The molecule has 2 heterocycles. The highest BCUT2D eigenvalue weighted by atomic mass is 32.1. The Hall–Kier alpha value is -7.16. The Kier molecular flexibility index (Phi) is 20.8. The lowest BCUT2D eigenvalue weighted by Crippen LogP contribution is -2.25. The Morgan fingerprint density at radius 1 is 0.488 bits per heavy atom. The van der Waals surface area contributed by atoms with E-state index in [1.54, 1.807) is 12.1 Å². The molecule has 10 nitrogen and oxygen atoms in total. The van der Waals surface area contributed by atoms with Gasteiger partial charge >= 0.3 is 23.9 Å². The smallest absolute Gasteiger partial charge is 0.330 e. The zero-order valence-electron chi connectivity index (χ0n) is 46.9. The van der Waals surface area contributed by atoms with Crippen LogP contribution in [0.2, 0.25) is 0 Å². The minimum atomic E-state index is -0.396. The zero-order chi connectivity index (χ0) is 57.5. The van der Waals surface area contributed by atoms with Crippen LogP contribution in [0, 0.1) is 37.3 Å². The number of esters is 4. The second-order valence-corrected chi connectivity index (χ2v) is 23.7. The summed E-state index contributed by atoms with van der Waals surface area (Å²) in [4.78, 5) is 53.3. The van der Waals surface area contributed by atoms with Crippen molar-refractivity contribution in [3.8, 4) is 43.9 Å². The topological polar surface area (TPSA) is 124 Å². The van der Waals surface area contributed by atoms with Gasteiger partial charge in [-0.1, -0.05) is 49.6 Å². The van der Waals surface area contributed by atoms with Crippen LogP contribution in [0.5, 0.6) is 23.0 Å². The molecule has 2 aliphatic rings. The molecule has 0 N–H and O–H groups in total. The molecular weight excluding hydrogens is 1080 g/mol. The highest BCUT2D eigenvalue weighted by Gasteiger charge is 2.34. The lowest BCUT2D eigenvalue weighted by atomic mass is 9.79. The SMILES string of the molecule is C=CC(=O)OCCCCCCOc1ccc(C2CCC(C(=O)Oc3c4cc(-c5ccc(F)cc5C)sc4c(OC(=O)C4CCC(c5ccc(OCCCCCCOC(=O)C=C)cc5)CC4)c4cc(-c5ccc(F)cc5C)sc34)CC2)cc1. The third-order valence-corrected chi connectivity index (χ3v) is 18.3. The van der Waals surface area contributed by atoms with Crippen molar-refractivity contribution in [1.82, 2.24) is 0 Å². The number of carbonyl (C=O) groups is 4. The maximum atomic E-state index is 14.6. The van der Waals surface area contributed by atoms with Gasteiger partial charge in [0.05, 0.1) is 47.7 Å². The van der Waals surface area contributed by atoms with Gasteiger partial charge in [0.15, 0.2) is 11.5 Å². The van der Waals surface area contributed by atoms with Crippen LogP contribution >= 0.6 is 22.7 Å². The van der Waals surface area contributed by atoms with Gasteiger partial charge in [-0.2, -0.15) is 0 Å². The molecule has 9 rings (SSSR count). The van der Waals surface area contributed by atoms with Crippen LogP contribution in [0.3, 0.4) is 0 Å². The third kappa shape index (κ3) is 15.3. The van der Waals surface area contributed by atoms with E-state index in [4.69, 9.17) is 28.4 Å². The van der Waals surface area contributed by atoms with Gasteiger partial charge in [-0.15, -0.1) is 22.7 Å². The quantitative estimate of drug-likeness (QED) is 0.0224. The summed E-state index contributed by atoms with van der Waals surface area (Å²) < 4.78 is 65.8. The van der Waals surface area contributed by atoms with Gasteiger partial charge in [-0.25, -0.2) is 18.4 Å². The summed E-state index contributed by atoms with van der Waals surface area (Å²) in [6, 6.07) is 29.8. The van der Waals surface area contributed by atoms with Crippen molar-refractivity contribution in [2.24, 2.45) is 11.8 Å². The molecule has 0 radical (unpaired) electrons. The van der Waals surface area contributed by atoms with Gasteiger partial charge in [-0.05, 0) is 222 Å². The zero-order valence-corrected chi connectivity index (χ0v) is 48.5. The van der Waals surface area contributed by atoms with E-state index in [0.717, 1.165) is 121 Å². The normalized spacial score (nSPS) is 17.0. The Morgan fingerprint density at radius 2 is 0.854 bits per heavy atom. The van der Waals surface area contributed by atoms with Crippen LogP contribution in [-0.2, 0) is 28.7 Å². The molecule has 0 spiro atoms. The lowest BCUT2D eigenvalue weighted by molar-refractivity contribution is -0.140. The standard InChI is InChI=1S/C68H72F2O10S2/c1-5-61(71)77-37-13-9-7-11-35-75-53-29-23-47(24-30-53)45-15-19-49(20-16-45)67(73)79-63-57-41-59(55-33-27-51(69)39-43(55)3)82-66(57)64(58-42-60(81-65(58)63)56-34-28-52(70)40-44(56)4)80-68(74)50-21-17-46(18-22-50)48-25-31-54(32-26-48)76-36-12-8-10-14-38-78-62(72)6-2/h5-6,23-34,39-42,45-46,49-50H,1-2,7-22,35-38H2,3-4H3. The Balaban J connectivity index is 0.892. The van der Waals surface area contributed by atoms with Gasteiger partial charge in [0.2, 0.25) is 0 Å². The summed E-state index contributed by atoms with van der Waals surface area (Å²) in [6.45, 7) is 12.5. The molecule has 14 heteroatoms. The van der Waals surface area contributed by atoms with Gasteiger partial charge in [0.1, 0.15) is 23.1 Å². The Labute approximate surface area is 487 Å². The number of benzene rings is 5. The first-order valence-electron chi connectivity index (χ1n) is 28.9. The number of aryl methyl sites for hydroxylation is 2. The van der Waals surface area contributed by atoms with Crippen molar-refractivity contribution < 1.29 is 56.4 Å². The summed E-state index contributed by atoms with van der Waals surface area (Å²) in [6.07, 6.45) is 15.4. The molecule has 0 amide bonds. The van der Waals surface area contributed by atoms with Crippen molar-refractivity contribution >= 4 is 66.7 Å². The van der Waals surface area contributed by atoms with E-state index < -0.39 is 11.9 Å². The second kappa shape index (κ2) is 28.7. The molecule has 0 aliphatic heterocycles. The predicted octanol–water partition coefficient (Wildman–Crippen LogP) is 17.4. The average molecular weight is 1150 g/mol. The van der Waals surface area contributed by atoms with Crippen LogP contribution in [0.25, 0.3) is 41.1 Å². The minimum Gasteiger partial charge on any atom is -0.494 e. The first-order valence-corrected chi connectivity index (χ1v) is 30.5. The largest absolute Gasteiger partial charge is 0.494 e. The van der Waals surface area contributed by atoms with Crippen LogP contribution in [0.4, 0.5) is 8.78 Å². The van der Waals surface area contributed by atoms with E-state index in [0.29, 0.717) is 83.8 Å². The number of halogens is 2. The molecule has 0 bridgehead atoms. The molecule has 5 aromatic carbocycles. The number of fused-ring (bicyclic) bond motifs is 2. The highest BCUT2D eigenvalue weighted by molar-refractivity contribution is 7.24. The lowest BCUT2D eigenvalue weighted by Gasteiger charge is -2.28. The first-order chi connectivity index (χ1) is 39.8. The van der Waals surface area contributed by atoms with E-state index in [9.17, 15) is 28.0 Å². The summed E-state index contributed by atoms with van der Waals surface area (Å²) in [5, 5.41) is 1.25. The number of thiophene rings is 2. The molecule has 82 heavy (non-hydrogen) atoms. The van der Waals surface area contributed by atoms with E-state index in [-0.39, 0.29) is 47.2 Å². The van der Waals surface area contributed by atoms with Crippen LogP contribution in [0.15, 0.2) is 122 Å². The molecule has 0 atom stereocenters. The minimum absolute atomic E-state index is 0.280. The summed E-state index contributed by atoms with van der Waals surface area (Å²) in [5.74, 6) is 0.144. The van der Waals surface area contributed by atoms with Gasteiger partial charge in [0, 0.05) is 32.7 Å². The van der Waals surface area contributed by atoms with Crippen molar-refractivity contribution in [2.75, 3.05) is 26.4 Å². The number of unbranched alkanes of at least 4 members (excludes halogenated alkanes) is 6. The number of hydrogen-bond donors (Lipinski definition) is 0. The molecule has 2 aromatic heterocycles. The molecule has 0 saturated heterocycles. The second-order valence-electron chi connectivity index (χ2n) is 21.6. The van der Waals surface area contributed by atoms with Crippen LogP contribution in [0.1, 0.15) is 137 Å². The fourth-order valence-corrected chi connectivity index (χ4v) is 13.8. The number of ether oxygens (including phenoxy) is 6. The van der Waals surface area contributed by atoms with E-state index >= 15 is 0 Å². The third-order valence-electron chi connectivity index (χ3n) is 15.9. The van der Waals surface area contributed by atoms with Crippen molar-refractivity contribution in [1.29, 1.82) is 0 Å². The van der Waals surface area contributed by atoms with Crippen molar-refractivity contribution in [3.05, 3.63) is 156 Å². The van der Waals surface area contributed by atoms with Crippen LogP contribution < -0.4 is 18.9 Å². The predicted molar refractivity (Wildman–Crippen MR) is 321 cm³/mol. The van der Waals surface area contributed by atoms with Crippen molar-refractivity contribution in [3.63, 3.8) is 0 Å². The van der Waals surface area contributed by atoms with E-state index in [2.05, 4.69) is 37.4 Å². The monoisotopic (exact) mass is 1150 g/mol. The fourth-order valence-electron chi connectivity index (χ4n) is 11.3.